The van der Waals surface area contributed by atoms with Crippen LogP contribution in [0.3, 0.4) is 0 Å². The van der Waals surface area contributed by atoms with Crippen molar-refractivity contribution in [3.63, 3.8) is 0 Å². The summed E-state index contributed by atoms with van der Waals surface area (Å²) in [6, 6.07) is 6.90. The Morgan fingerprint density at radius 1 is 0.951 bits per heavy atom. The van der Waals surface area contributed by atoms with Gasteiger partial charge in [0, 0.05) is 30.9 Å². The molecule has 2 aromatic rings. The molecular weight excluding hydrogens is 537 g/mol. The maximum atomic E-state index is 14.2. The third kappa shape index (κ3) is 6.00. The lowest BCUT2D eigenvalue weighted by atomic mass is 9.81. The summed E-state index contributed by atoms with van der Waals surface area (Å²) >= 11 is 0. The molecule has 1 unspecified atom stereocenters. The number of ether oxygens (including phenoxy) is 1. The second kappa shape index (κ2) is 12.0. The molecule has 41 heavy (non-hydrogen) atoms. The van der Waals surface area contributed by atoms with Crippen LogP contribution in [-0.4, -0.2) is 65.8 Å². The Hall–Kier alpha value is -3.73. The Bertz CT molecular complexity index is 1340. The minimum atomic E-state index is -1.26. The molecule has 0 aromatic heterocycles. The predicted octanol–water partition coefficient (Wildman–Crippen LogP) is 5.34. The summed E-state index contributed by atoms with van der Waals surface area (Å²) in [4.78, 5) is 46.3. The molecule has 2 heterocycles. The number of benzene rings is 2. The number of amides is 4. The van der Waals surface area contributed by atoms with Crippen molar-refractivity contribution in [3.05, 3.63) is 71.0 Å². The fourth-order valence-corrected chi connectivity index (χ4v) is 6.44. The van der Waals surface area contributed by atoms with E-state index in [2.05, 4.69) is 15.2 Å². The molecule has 2 aromatic carbocycles. The number of esters is 1. The van der Waals surface area contributed by atoms with Crippen LogP contribution in [0.4, 0.5) is 22.8 Å². The molecule has 0 radical (unpaired) electrons. The summed E-state index contributed by atoms with van der Waals surface area (Å²) < 4.78 is 46.1. The van der Waals surface area contributed by atoms with Gasteiger partial charge in [-0.2, -0.15) is 0 Å². The zero-order valence-corrected chi connectivity index (χ0v) is 23.0. The number of imide groups is 1. The van der Waals surface area contributed by atoms with Crippen molar-refractivity contribution in [3.8, 4) is 0 Å². The Balaban J connectivity index is 1.27. The summed E-state index contributed by atoms with van der Waals surface area (Å²) in [5, 5.41) is 2.91. The average Bonchev–Trinajstić information content (AvgIpc) is 3.42. The zero-order chi connectivity index (χ0) is 29.3. The fourth-order valence-electron chi connectivity index (χ4n) is 6.44. The maximum Gasteiger partial charge on any atom is 0.352 e. The van der Waals surface area contributed by atoms with E-state index >= 15 is 0 Å². The van der Waals surface area contributed by atoms with Crippen LogP contribution < -0.4 is 5.32 Å². The Morgan fingerprint density at radius 2 is 1.63 bits per heavy atom. The van der Waals surface area contributed by atoms with E-state index in [-0.39, 0.29) is 23.1 Å². The Labute approximate surface area is 236 Å². The third-order valence-electron chi connectivity index (χ3n) is 8.58. The summed E-state index contributed by atoms with van der Waals surface area (Å²) in [6.45, 7) is 2.83. The molecule has 1 saturated carbocycles. The number of halogens is 3. The number of hydrogen-bond donors (Lipinski definition) is 1. The molecule has 8 nitrogen and oxygen atoms in total. The molecule has 0 bridgehead atoms. The van der Waals surface area contributed by atoms with Crippen molar-refractivity contribution in [2.24, 2.45) is 10.9 Å². The lowest BCUT2D eigenvalue weighted by Crippen LogP contribution is -2.54. The lowest BCUT2D eigenvalue weighted by molar-refractivity contribution is -0.144. The van der Waals surface area contributed by atoms with Crippen LogP contribution >= 0.6 is 0 Å². The van der Waals surface area contributed by atoms with E-state index in [9.17, 15) is 27.6 Å². The highest BCUT2D eigenvalue weighted by atomic mass is 19.2. The van der Waals surface area contributed by atoms with Gasteiger partial charge in [0.15, 0.2) is 11.6 Å². The van der Waals surface area contributed by atoms with Crippen molar-refractivity contribution in [1.82, 2.24) is 15.1 Å². The number of nitrogens with zero attached hydrogens (tertiary/aromatic N) is 3. The van der Waals surface area contributed by atoms with Crippen LogP contribution in [0.25, 0.3) is 0 Å². The van der Waals surface area contributed by atoms with Crippen molar-refractivity contribution in [2.75, 3.05) is 20.2 Å². The van der Waals surface area contributed by atoms with Gasteiger partial charge in [0.1, 0.15) is 11.7 Å². The largest absolute Gasteiger partial charge is 0.468 e. The molecule has 5 rings (SSSR count). The fraction of sp³-hybridized carbons (Fsp3) is 0.467. The van der Waals surface area contributed by atoms with Crippen LogP contribution in [0.1, 0.15) is 62.1 Å². The molecule has 1 aliphatic carbocycles. The first-order valence-corrected chi connectivity index (χ1v) is 13.9. The maximum absolute atomic E-state index is 14.2. The summed E-state index contributed by atoms with van der Waals surface area (Å²) in [6.07, 6.45) is 4.63. The molecule has 3 aliphatic rings. The quantitative estimate of drug-likeness (QED) is 0.490. The topological polar surface area (TPSA) is 91.3 Å². The zero-order valence-electron chi connectivity index (χ0n) is 23.0. The van der Waals surface area contributed by atoms with Crippen LogP contribution in [0.15, 0.2) is 47.5 Å². The van der Waals surface area contributed by atoms with Crippen molar-refractivity contribution >= 4 is 23.7 Å². The number of nitrogens with one attached hydrogen (secondary N) is 1. The van der Waals surface area contributed by atoms with Gasteiger partial charge in [0.05, 0.1) is 13.2 Å². The van der Waals surface area contributed by atoms with Gasteiger partial charge in [-0.25, -0.2) is 32.7 Å². The van der Waals surface area contributed by atoms with Gasteiger partial charge in [0.2, 0.25) is 0 Å². The Kier molecular flexibility index (Phi) is 8.44. The van der Waals surface area contributed by atoms with Crippen LogP contribution in [-0.2, 0) is 9.53 Å². The molecule has 0 spiro atoms. The number of rotatable bonds is 5. The Morgan fingerprint density at radius 3 is 2.29 bits per heavy atom. The van der Waals surface area contributed by atoms with Crippen LogP contribution in [0, 0.1) is 23.4 Å². The van der Waals surface area contributed by atoms with Gasteiger partial charge in [-0.1, -0.05) is 18.2 Å². The van der Waals surface area contributed by atoms with Gasteiger partial charge in [-0.3, -0.25) is 9.69 Å². The number of likely N-dealkylation sites (tertiary alicyclic amines) is 1. The van der Waals surface area contributed by atoms with Gasteiger partial charge in [-0.05, 0) is 80.3 Å². The number of hydrogen-bond acceptors (Lipinski definition) is 5. The molecule has 1 N–H and O–H groups in total. The standard InChI is InChI=1S/C30H33F3N4O4/c1-17-26(28(38)41-2)27(20-7-12-24(32)25(33)15-20)37(29(39)34-17)30(40)35-22-13-14-36(16-22)23-10-5-19(6-11-23)18-3-8-21(31)9-4-18/h3-4,7-9,12,15,19,22-23,26-27H,5-6,10-11,13-14,16H2,1-2H3,(H,35,40)/t19?,22-,23?,26?,27+/m1/s1. The number of carbonyl (C=O) groups is 3. The molecular formula is C30H33F3N4O4. The van der Waals surface area contributed by atoms with Crippen molar-refractivity contribution in [1.29, 1.82) is 0 Å². The monoisotopic (exact) mass is 570 g/mol. The van der Waals surface area contributed by atoms with Crippen LogP contribution in [0.2, 0.25) is 0 Å². The minimum absolute atomic E-state index is 0.0722. The lowest BCUT2D eigenvalue weighted by Gasteiger charge is -2.37. The normalized spacial score (nSPS) is 27.0. The number of carbonyl (C=O) groups excluding carboxylic acids is 3. The highest BCUT2D eigenvalue weighted by molar-refractivity contribution is 6.11. The van der Waals surface area contributed by atoms with Gasteiger partial charge >= 0.3 is 18.0 Å². The highest BCUT2D eigenvalue weighted by Crippen LogP contribution is 2.37. The predicted molar refractivity (Wildman–Crippen MR) is 145 cm³/mol. The molecule has 2 aliphatic heterocycles. The summed E-state index contributed by atoms with van der Waals surface area (Å²) in [5.74, 6) is -4.03. The van der Waals surface area contributed by atoms with Gasteiger partial charge < -0.3 is 10.1 Å². The molecule has 11 heteroatoms. The first-order chi connectivity index (χ1) is 19.7. The van der Waals surface area contributed by atoms with Crippen LogP contribution in [0.5, 0.6) is 0 Å². The second-order valence-corrected chi connectivity index (χ2v) is 11.0. The number of aliphatic imine (C=N–C) groups is 1. The smallest absolute Gasteiger partial charge is 0.352 e. The SMILES string of the molecule is COC(=O)C1C(C)=NC(=O)N(C(=O)N[C@@H]2CCN(C3CCC(c4ccc(F)cc4)CC3)C2)[C@H]1c1ccc(F)c(F)c1. The first kappa shape index (κ1) is 28.8. The summed E-state index contributed by atoms with van der Waals surface area (Å²) in [5.41, 5.74) is 1.34. The number of methoxy groups -OCH3 is 1. The molecule has 4 amide bonds. The third-order valence-corrected chi connectivity index (χ3v) is 8.58. The van der Waals surface area contributed by atoms with Gasteiger partial charge in [-0.15, -0.1) is 0 Å². The number of urea groups is 2. The van der Waals surface area contributed by atoms with Crippen molar-refractivity contribution in [2.45, 2.75) is 63.1 Å². The second-order valence-electron chi connectivity index (χ2n) is 11.0. The van der Waals surface area contributed by atoms with Crippen molar-refractivity contribution < 1.29 is 32.3 Å². The van der Waals surface area contributed by atoms with Gasteiger partial charge in [0.25, 0.3) is 0 Å². The molecule has 2 fully saturated rings. The molecule has 1 saturated heterocycles. The molecule has 3 atom stereocenters. The minimum Gasteiger partial charge on any atom is -0.468 e. The first-order valence-electron chi connectivity index (χ1n) is 13.9. The van der Waals surface area contributed by atoms with E-state index in [0.717, 1.165) is 54.8 Å². The van der Waals surface area contributed by atoms with E-state index < -0.39 is 41.6 Å². The highest BCUT2D eigenvalue weighted by Gasteiger charge is 2.46. The van der Waals surface area contributed by atoms with E-state index in [1.54, 1.807) is 0 Å². The van der Waals surface area contributed by atoms with E-state index in [0.29, 0.717) is 24.9 Å². The average molecular weight is 571 g/mol. The summed E-state index contributed by atoms with van der Waals surface area (Å²) in [7, 11) is 1.17. The molecule has 218 valence electrons. The van der Waals surface area contributed by atoms with E-state index in [1.165, 1.54) is 32.2 Å². The van der Waals surface area contributed by atoms with E-state index in [1.807, 2.05) is 12.1 Å². The van der Waals surface area contributed by atoms with E-state index in [4.69, 9.17) is 4.74 Å².